The standard InChI is InChI=1S/C13H23NO/c1-4-8-11(5-2)14-12(6-3)13-9-7-10-15-13/h7,9-12,14H,4-6,8H2,1-3H3. The average molecular weight is 209 g/mol. The van der Waals surface area contributed by atoms with Crippen LogP contribution in [0.15, 0.2) is 22.8 Å². The van der Waals surface area contributed by atoms with Crippen LogP contribution >= 0.6 is 0 Å². The Morgan fingerprint density at radius 1 is 1.27 bits per heavy atom. The molecule has 0 saturated carbocycles. The summed E-state index contributed by atoms with van der Waals surface area (Å²) in [5.74, 6) is 1.06. The smallest absolute Gasteiger partial charge is 0.120 e. The monoisotopic (exact) mass is 209 g/mol. The predicted octanol–water partition coefficient (Wildman–Crippen LogP) is 3.90. The minimum atomic E-state index is 0.372. The molecule has 0 fully saturated rings. The van der Waals surface area contributed by atoms with Crippen LogP contribution in [-0.4, -0.2) is 6.04 Å². The molecule has 0 bridgehead atoms. The highest BCUT2D eigenvalue weighted by Gasteiger charge is 2.15. The second-order valence-electron chi connectivity index (χ2n) is 4.04. The molecule has 1 rings (SSSR count). The van der Waals surface area contributed by atoms with Gasteiger partial charge < -0.3 is 9.73 Å². The lowest BCUT2D eigenvalue weighted by Gasteiger charge is -2.22. The summed E-state index contributed by atoms with van der Waals surface area (Å²) < 4.78 is 5.45. The molecular weight excluding hydrogens is 186 g/mol. The molecule has 15 heavy (non-hydrogen) atoms. The molecule has 0 amide bonds. The zero-order valence-corrected chi connectivity index (χ0v) is 10.1. The van der Waals surface area contributed by atoms with E-state index in [0.717, 1.165) is 12.2 Å². The topological polar surface area (TPSA) is 25.2 Å². The summed E-state index contributed by atoms with van der Waals surface area (Å²) in [5, 5.41) is 3.66. The van der Waals surface area contributed by atoms with Gasteiger partial charge >= 0.3 is 0 Å². The normalized spacial score (nSPS) is 15.1. The van der Waals surface area contributed by atoms with Crippen LogP contribution in [0.3, 0.4) is 0 Å². The van der Waals surface area contributed by atoms with Gasteiger partial charge in [0.25, 0.3) is 0 Å². The van der Waals surface area contributed by atoms with E-state index in [4.69, 9.17) is 4.42 Å². The maximum absolute atomic E-state index is 5.45. The molecule has 2 atom stereocenters. The van der Waals surface area contributed by atoms with Gasteiger partial charge in [0.05, 0.1) is 12.3 Å². The number of furan rings is 1. The number of rotatable bonds is 7. The van der Waals surface area contributed by atoms with Crippen molar-refractivity contribution < 1.29 is 4.42 Å². The zero-order valence-electron chi connectivity index (χ0n) is 10.1. The number of hydrogen-bond donors (Lipinski definition) is 1. The van der Waals surface area contributed by atoms with Gasteiger partial charge in [-0.2, -0.15) is 0 Å². The third-order valence-electron chi connectivity index (χ3n) is 2.86. The fourth-order valence-electron chi connectivity index (χ4n) is 1.93. The molecule has 1 aromatic rings. The molecule has 0 aliphatic carbocycles. The summed E-state index contributed by atoms with van der Waals surface area (Å²) in [6.45, 7) is 6.67. The maximum atomic E-state index is 5.45. The fraction of sp³-hybridized carbons (Fsp3) is 0.692. The van der Waals surface area contributed by atoms with Crippen LogP contribution in [0, 0.1) is 0 Å². The van der Waals surface area contributed by atoms with E-state index in [9.17, 15) is 0 Å². The van der Waals surface area contributed by atoms with Crippen molar-refractivity contribution in [3.8, 4) is 0 Å². The molecule has 2 heteroatoms. The van der Waals surface area contributed by atoms with Gasteiger partial charge in [-0.3, -0.25) is 0 Å². The van der Waals surface area contributed by atoms with Crippen LogP contribution in [0.1, 0.15) is 58.3 Å². The highest BCUT2D eigenvalue weighted by atomic mass is 16.3. The first-order valence-electron chi connectivity index (χ1n) is 6.11. The van der Waals surface area contributed by atoms with Crippen molar-refractivity contribution in [3.63, 3.8) is 0 Å². The van der Waals surface area contributed by atoms with Crippen LogP contribution < -0.4 is 5.32 Å². The van der Waals surface area contributed by atoms with Crippen molar-refractivity contribution in [1.82, 2.24) is 5.32 Å². The van der Waals surface area contributed by atoms with Crippen LogP contribution in [0.25, 0.3) is 0 Å². The van der Waals surface area contributed by atoms with Crippen molar-refractivity contribution in [2.45, 2.75) is 58.5 Å². The highest BCUT2D eigenvalue weighted by molar-refractivity contribution is 5.04. The van der Waals surface area contributed by atoms with E-state index in [1.165, 1.54) is 19.3 Å². The summed E-state index contributed by atoms with van der Waals surface area (Å²) in [7, 11) is 0. The molecule has 0 aliphatic heterocycles. The first-order valence-corrected chi connectivity index (χ1v) is 6.11. The summed E-state index contributed by atoms with van der Waals surface area (Å²) in [6, 6.07) is 5.00. The summed E-state index contributed by atoms with van der Waals surface area (Å²) >= 11 is 0. The van der Waals surface area contributed by atoms with Gasteiger partial charge in [0.1, 0.15) is 5.76 Å². The first-order chi connectivity index (χ1) is 7.31. The van der Waals surface area contributed by atoms with Crippen LogP contribution in [0.5, 0.6) is 0 Å². The van der Waals surface area contributed by atoms with Crippen molar-refractivity contribution >= 4 is 0 Å². The quantitative estimate of drug-likeness (QED) is 0.736. The third-order valence-corrected chi connectivity index (χ3v) is 2.86. The highest BCUT2D eigenvalue weighted by Crippen LogP contribution is 2.19. The Balaban J connectivity index is 2.52. The number of nitrogens with one attached hydrogen (secondary N) is 1. The number of hydrogen-bond acceptors (Lipinski definition) is 2. The van der Waals surface area contributed by atoms with Gasteiger partial charge in [-0.15, -0.1) is 0 Å². The Morgan fingerprint density at radius 3 is 2.53 bits per heavy atom. The largest absolute Gasteiger partial charge is 0.468 e. The summed E-state index contributed by atoms with van der Waals surface area (Å²) in [5.41, 5.74) is 0. The molecule has 0 aliphatic rings. The molecule has 2 nitrogen and oxygen atoms in total. The minimum absolute atomic E-state index is 0.372. The Bertz CT molecular complexity index is 243. The lowest BCUT2D eigenvalue weighted by molar-refractivity contribution is 0.346. The Labute approximate surface area is 93.1 Å². The van der Waals surface area contributed by atoms with Gasteiger partial charge in [-0.25, -0.2) is 0 Å². The van der Waals surface area contributed by atoms with Gasteiger partial charge in [0.2, 0.25) is 0 Å². The van der Waals surface area contributed by atoms with E-state index < -0.39 is 0 Å². The van der Waals surface area contributed by atoms with Crippen molar-refractivity contribution in [3.05, 3.63) is 24.2 Å². The predicted molar refractivity (Wildman–Crippen MR) is 63.9 cm³/mol. The second kappa shape index (κ2) is 6.67. The lowest BCUT2D eigenvalue weighted by atomic mass is 10.1. The molecule has 86 valence electrons. The molecule has 0 spiro atoms. The molecule has 0 aromatic carbocycles. The van der Waals surface area contributed by atoms with Crippen LogP contribution in [0.4, 0.5) is 0 Å². The van der Waals surface area contributed by atoms with Crippen molar-refractivity contribution in [1.29, 1.82) is 0 Å². The SMILES string of the molecule is CCCC(CC)NC(CC)c1ccco1. The van der Waals surface area contributed by atoms with Crippen molar-refractivity contribution in [2.75, 3.05) is 0 Å². The summed E-state index contributed by atoms with van der Waals surface area (Å²) in [6.07, 6.45) is 6.49. The van der Waals surface area contributed by atoms with E-state index in [2.05, 4.69) is 32.2 Å². The average Bonchev–Trinajstić information content (AvgIpc) is 2.77. The molecule has 1 heterocycles. The molecular formula is C13H23NO. The van der Waals surface area contributed by atoms with Gasteiger partial charge in [-0.05, 0) is 31.4 Å². The fourth-order valence-corrected chi connectivity index (χ4v) is 1.93. The van der Waals surface area contributed by atoms with Gasteiger partial charge in [0.15, 0.2) is 0 Å². The zero-order chi connectivity index (χ0) is 11.1. The Kier molecular flexibility index (Phi) is 5.48. The van der Waals surface area contributed by atoms with E-state index in [0.29, 0.717) is 12.1 Å². The molecule has 0 saturated heterocycles. The van der Waals surface area contributed by atoms with E-state index in [1.807, 2.05) is 6.07 Å². The maximum Gasteiger partial charge on any atom is 0.120 e. The second-order valence-corrected chi connectivity index (χ2v) is 4.04. The molecule has 0 radical (unpaired) electrons. The summed E-state index contributed by atoms with van der Waals surface area (Å²) in [4.78, 5) is 0. The van der Waals surface area contributed by atoms with Gasteiger partial charge in [-0.1, -0.05) is 27.2 Å². The minimum Gasteiger partial charge on any atom is -0.468 e. The molecule has 1 aromatic heterocycles. The van der Waals surface area contributed by atoms with Crippen LogP contribution in [-0.2, 0) is 0 Å². The van der Waals surface area contributed by atoms with Crippen LogP contribution in [0.2, 0.25) is 0 Å². The third kappa shape index (κ3) is 3.71. The van der Waals surface area contributed by atoms with E-state index in [-0.39, 0.29) is 0 Å². The Morgan fingerprint density at radius 2 is 2.07 bits per heavy atom. The van der Waals surface area contributed by atoms with E-state index in [1.54, 1.807) is 6.26 Å². The van der Waals surface area contributed by atoms with E-state index >= 15 is 0 Å². The Hall–Kier alpha value is -0.760. The molecule has 1 N–H and O–H groups in total. The lowest BCUT2D eigenvalue weighted by Crippen LogP contribution is -2.31. The van der Waals surface area contributed by atoms with Crippen molar-refractivity contribution in [2.24, 2.45) is 0 Å². The molecule has 2 unspecified atom stereocenters. The first kappa shape index (κ1) is 12.3. The van der Waals surface area contributed by atoms with Gasteiger partial charge in [0, 0.05) is 6.04 Å².